The molecule has 0 aliphatic carbocycles. The molecule has 1 fully saturated rings. The number of amides is 3. The van der Waals surface area contributed by atoms with Gasteiger partial charge in [-0.05, 0) is 0 Å². The Kier molecular flexibility index (Phi) is 5.85. The van der Waals surface area contributed by atoms with Gasteiger partial charge in [-0.2, -0.15) is 0 Å². The van der Waals surface area contributed by atoms with Crippen LogP contribution in [0.25, 0.3) is 0 Å². The van der Waals surface area contributed by atoms with Crippen LogP contribution in [0.5, 0.6) is 0 Å². The van der Waals surface area contributed by atoms with Gasteiger partial charge in [-0.25, -0.2) is 14.8 Å². The zero-order valence-electron chi connectivity index (χ0n) is 13.2. The monoisotopic (exact) mass is 339 g/mol. The third-order valence-corrected chi connectivity index (χ3v) is 4.01. The Morgan fingerprint density at radius 1 is 1.52 bits per heavy atom. The first-order valence-corrected chi connectivity index (χ1v) is 8.18. The summed E-state index contributed by atoms with van der Waals surface area (Å²) in [5, 5.41) is 6.32. The molecule has 0 bridgehead atoms. The van der Waals surface area contributed by atoms with Crippen LogP contribution in [0.1, 0.15) is 0 Å². The summed E-state index contributed by atoms with van der Waals surface area (Å²) in [6.45, 7) is 2.53. The molecule has 1 saturated heterocycles. The molecule has 0 saturated carbocycles. The maximum Gasteiger partial charge on any atom is 0.317 e. The van der Waals surface area contributed by atoms with E-state index in [0.717, 1.165) is 0 Å². The van der Waals surface area contributed by atoms with Crippen LogP contribution in [0.2, 0.25) is 0 Å². The summed E-state index contributed by atoms with van der Waals surface area (Å²) in [5.41, 5.74) is 5.77. The largest absolute Gasteiger partial charge is 0.383 e. The Morgan fingerprint density at radius 3 is 2.96 bits per heavy atom. The number of rotatable bonds is 7. The highest BCUT2D eigenvalue weighted by atomic mass is 32.2. The number of thioether (sulfide) groups is 1. The summed E-state index contributed by atoms with van der Waals surface area (Å²) in [6.07, 6.45) is 0. The van der Waals surface area contributed by atoms with Gasteiger partial charge in [0.1, 0.15) is 11.6 Å². The molecule has 1 aromatic heterocycles. The number of carbonyl (C=O) groups excluding carboxylic acids is 2. The van der Waals surface area contributed by atoms with E-state index in [4.69, 9.17) is 5.73 Å². The van der Waals surface area contributed by atoms with Gasteiger partial charge in [-0.15, -0.1) is 0 Å². The third-order valence-electron chi connectivity index (χ3n) is 3.18. The number of anilines is 2. The van der Waals surface area contributed by atoms with E-state index in [1.165, 1.54) is 16.7 Å². The molecule has 23 heavy (non-hydrogen) atoms. The topological polar surface area (TPSA) is 116 Å². The molecule has 2 heterocycles. The molecular formula is C13H21N7O2S. The van der Waals surface area contributed by atoms with E-state index >= 15 is 0 Å². The fraction of sp³-hybridized carbons (Fsp3) is 0.538. The maximum absolute atomic E-state index is 11.6. The van der Waals surface area contributed by atoms with Crippen molar-refractivity contribution in [1.29, 1.82) is 0 Å². The molecule has 0 radical (unpaired) electrons. The molecule has 9 nitrogen and oxygen atoms in total. The van der Waals surface area contributed by atoms with Gasteiger partial charge in [-0.1, -0.05) is 11.8 Å². The Labute approximate surface area is 139 Å². The molecule has 1 aliphatic heterocycles. The second-order valence-corrected chi connectivity index (χ2v) is 6.13. The van der Waals surface area contributed by atoms with Crippen molar-refractivity contribution in [3.8, 4) is 0 Å². The Bertz CT molecular complexity index is 581. The molecule has 4 N–H and O–H groups in total. The van der Waals surface area contributed by atoms with Crippen LogP contribution in [0.15, 0.2) is 11.2 Å². The van der Waals surface area contributed by atoms with Crippen molar-refractivity contribution in [3.05, 3.63) is 6.07 Å². The Hall–Kier alpha value is -2.23. The number of nitrogen functional groups attached to an aromatic ring is 1. The van der Waals surface area contributed by atoms with Gasteiger partial charge in [-0.3, -0.25) is 4.79 Å². The van der Waals surface area contributed by atoms with Crippen LogP contribution in [0, 0.1) is 0 Å². The van der Waals surface area contributed by atoms with E-state index in [9.17, 15) is 9.59 Å². The molecule has 10 heteroatoms. The SMILES string of the molecule is CN(C)C(=O)CSc1nc(N)cc(NCCN2CCNC2=O)n1. The highest BCUT2D eigenvalue weighted by Crippen LogP contribution is 2.18. The first kappa shape index (κ1) is 17.1. The summed E-state index contributed by atoms with van der Waals surface area (Å²) < 4.78 is 0. The highest BCUT2D eigenvalue weighted by molar-refractivity contribution is 7.99. The van der Waals surface area contributed by atoms with Crippen molar-refractivity contribution in [1.82, 2.24) is 25.1 Å². The normalized spacial score (nSPS) is 13.8. The number of nitrogens with two attached hydrogens (primary N) is 1. The lowest BCUT2D eigenvalue weighted by Gasteiger charge is -2.15. The zero-order valence-corrected chi connectivity index (χ0v) is 14.0. The second-order valence-electron chi connectivity index (χ2n) is 5.18. The maximum atomic E-state index is 11.6. The Morgan fingerprint density at radius 2 is 2.30 bits per heavy atom. The number of carbonyl (C=O) groups is 2. The quantitative estimate of drug-likeness (QED) is 0.460. The molecule has 126 valence electrons. The summed E-state index contributed by atoms with van der Waals surface area (Å²) in [6, 6.07) is 1.58. The number of hydrogen-bond donors (Lipinski definition) is 3. The van der Waals surface area contributed by atoms with Crippen LogP contribution in [-0.2, 0) is 4.79 Å². The summed E-state index contributed by atoms with van der Waals surface area (Å²) >= 11 is 1.24. The summed E-state index contributed by atoms with van der Waals surface area (Å²) in [4.78, 5) is 34.7. The average Bonchev–Trinajstić information content (AvgIpc) is 2.89. The number of hydrogen-bond acceptors (Lipinski definition) is 7. The lowest BCUT2D eigenvalue weighted by atomic mass is 10.5. The van der Waals surface area contributed by atoms with Crippen molar-refractivity contribution in [2.75, 3.05) is 57.1 Å². The van der Waals surface area contributed by atoms with Crippen LogP contribution in [0.4, 0.5) is 16.4 Å². The van der Waals surface area contributed by atoms with E-state index in [0.29, 0.717) is 43.0 Å². The van der Waals surface area contributed by atoms with Crippen molar-refractivity contribution in [2.24, 2.45) is 0 Å². The predicted octanol–water partition coefficient (Wildman–Crippen LogP) is -0.324. The fourth-order valence-corrected chi connectivity index (χ4v) is 2.74. The van der Waals surface area contributed by atoms with Gasteiger partial charge in [0.05, 0.1) is 5.75 Å². The molecule has 2 rings (SSSR count). The van der Waals surface area contributed by atoms with Crippen LogP contribution >= 0.6 is 11.8 Å². The molecule has 0 unspecified atom stereocenters. The predicted molar refractivity (Wildman–Crippen MR) is 89.3 cm³/mol. The van der Waals surface area contributed by atoms with Crippen LogP contribution in [0.3, 0.4) is 0 Å². The van der Waals surface area contributed by atoms with E-state index in [1.807, 2.05) is 0 Å². The molecule has 0 spiro atoms. The number of nitrogens with one attached hydrogen (secondary N) is 2. The third kappa shape index (κ3) is 5.16. The van der Waals surface area contributed by atoms with Crippen molar-refractivity contribution in [2.45, 2.75) is 5.16 Å². The van der Waals surface area contributed by atoms with Gasteiger partial charge >= 0.3 is 6.03 Å². The Balaban J connectivity index is 1.86. The molecule has 3 amide bonds. The van der Waals surface area contributed by atoms with Crippen LogP contribution in [-0.4, -0.2) is 77.7 Å². The van der Waals surface area contributed by atoms with E-state index in [2.05, 4.69) is 20.6 Å². The minimum atomic E-state index is -0.0487. The fourth-order valence-electron chi connectivity index (χ4n) is 1.90. The van der Waals surface area contributed by atoms with Gasteiger partial charge in [0, 0.05) is 46.3 Å². The minimum Gasteiger partial charge on any atom is -0.383 e. The highest BCUT2D eigenvalue weighted by Gasteiger charge is 2.18. The van der Waals surface area contributed by atoms with E-state index in [-0.39, 0.29) is 17.7 Å². The zero-order chi connectivity index (χ0) is 16.8. The second kappa shape index (κ2) is 7.86. The minimum absolute atomic E-state index is 0.0180. The molecular weight excluding hydrogens is 318 g/mol. The summed E-state index contributed by atoms with van der Waals surface area (Å²) in [5.74, 6) is 1.15. The van der Waals surface area contributed by atoms with Gasteiger partial charge in [0.25, 0.3) is 0 Å². The van der Waals surface area contributed by atoms with Gasteiger partial charge < -0.3 is 26.2 Å². The number of aromatic nitrogens is 2. The first-order valence-electron chi connectivity index (χ1n) is 7.20. The molecule has 1 aliphatic rings. The van der Waals surface area contributed by atoms with Crippen LogP contribution < -0.4 is 16.4 Å². The lowest BCUT2D eigenvalue weighted by molar-refractivity contribution is -0.125. The number of urea groups is 1. The van der Waals surface area contributed by atoms with Crippen molar-refractivity contribution >= 4 is 35.3 Å². The molecule has 0 atom stereocenters. The van der Waals surface area contributed by atoms with Gasteiger partial charge in [0.15, 0.2) is 5.16 Å². The smallest absolute Gasteiger partial charge is 0.317 e. The van der Waals surface area contributed by atoms with E-state index in [1.54, 1.807) is 25.1 Å². The van der Waals surface area contributed by atoms with Crippen molar-refractivity contribution in [3.63, 3.8) is 0 Å². The first-order chi connectivity index (χ1) is 11.0. The molecule has 1 aromatic rings. The lowest BCUT2D eigenvalue weighted by Crippen LogP contribution is -2.32. The van der Waals surface area contributed by atoms with E-state index < -0.39 is 0 Å². The van der Waals surface area contributed by atoms with Crippen molar-refractivity contribution < 1.29 is 9.59 Å². The standard InChI is InChI=1S/C13H21N7O2S/c1-19(2)11(21)8-23-12-17-9(14)7-10(18-12)15-3-5-20-6-4-16-13(20)22/h7H,3-6,8H2,1-2H3,(H,16,22)(H3,14,15,17,18). The molecule has 0 aromatic carbocycles. The van der Waals surface area contributed by atoms with Gasteiger partial charge in [0.2, 0.25) is 5.91 Å². The average molecular weight is 339 g/mol. The number of nitrogens with zero attached hydrogens (tertiary/aromatic N) is 4. The summed E-state index contributed by atoms with van der Waals surface area (Å²) in [7, 11) is 3.40.